The van der Waals surface area contributed by atoms with E-state index in [0.717, 1.165) is 28.8 Å². The van der Waals surface area contributed by atoms with Gasteiger partial charge in [-0.3, -0.25) is 0 Å². The molecule has 0 bridgehead atoms. The molecule has 1 aromatic carbocycles. The average Bonchev–Trinajstić information content (AvgIpc) is 2.97. The fraction of sp³-hybridized carbons (Fsp3) is 0.571. The second kappa shape index (κ2) is 6.62. The SMILES string of the molecule is COCCCOc1cc(CN2NC2(C)C)c(Br)cc1Cl. The van der Waals surface area contributed by atoms with Crippen molar-refractivity contribution in [3.8, 4) is 5.75 Å². The quantitative estimate of drug-likeness (QED) is 0.594. The van der Waals surface area contributed by atoms with Gasteiger partial charge in [0.1, 0.15) is 5.75 Å². The van der Waals surface area contributed by atoms with E-state index in [1.54, 1.807) is 7.11 Å². The van der Waals surface area contributed by atoms with Crippen molar-refractivity contribution in [3.05, 3.63) is 27.2 Å². The molecule has 0 amide bonds. The standard InChI is InChI=1S/C14H20BrClN2O2/c1-14(2)17-18(14)9-10-7-13(12(16)8-11(10)15)20-6-4-5-19-3/h7-8,17H,4-6,9H2,1-3H3. The van der Waals surface area contributed by atoms with Crippen molar-refractivity contribution >= 4 is 27.5 Å². The van der Waals surface area contributed by atoms with Gasteiger partial charge in [0.25, 0.3) is 0 Å². The average molecular weight is 364 g/mol. The van der Waals surface area contributed by atoms with Crippen molar-refractivity contribution in [2.45, 2.75) is 32.5 Å². The zero-order valence-corrected chi connectivity index (χ0v) is 14.3. The van der Waals surface area contributed by atoms with E-state index in [-0.39, 0.29) is 5.66 Å². The molecule has 1 saturated heterocycles. The molecule has 1 N–H and O–H groups in total. The van der Waals surface area contributed by atoms with Gasteiger partial charge in [-0.25, -0.2) is 10.4 Å². The van der Waals surface area contributed by atoms with E-state index >= 15 is 0 Å². The molecule has 1 aromatic rings. The summed E-state index contributed by atoms with van der Waals surface area (Å²) in [6.45, 7) is 6.37. The summed E-state index contributed by atoms with van der Waals surface area (Å²) in [5.74, 6) is 0.723. The summed E-state index contributed by atoms with van der Waals surface area (Å²) in [6.07, 6.45) is 0.846. The summed E-state index contributed by atoms with van der Waals surface area (Å²) in [5, 5.41) is 2.78. The summed E-state index contributed by atoms with van der Waals surface area (Å²) in [4.78, 5) is 0. The molecule has 112 valence electrons. The summed E-state index contributed by atoms with van der Waals surface area (Å²) in [5.41, 5.74) is 4.52. The lowest BCUT2D eigenvalue weighted by Gasteiger charge is -2.12. The lowest BCUT2D eigenvalue weighted by atomic mass is 10.2. The Morgan fingerprint density at radius 3 is 2.65 bits per heavy atom. The Bertz CT molecular complexity index is 482. The van der Waals surface area contributed by atoms with Gasteiger partial charge >= 0.3 is 0 Å². The molecule has 2 rings (SSSR count). The third-order valence-electron chi connectivity index (χ3n) is 3.21. The predicted molar refractivity (Wildman–Crippen MR) is 83.9 cm³/mol. The van der Waals surface area contributed by atoms with E-state index in [9.17, 15) is 0 Å². The molecule has 6 heteroatoms. The second-order valence-corrected chi connectivity index (χ2v) is 6.59. The molecular weight excluding hydrogens is 344 g/mol. The highest BCUT2D eigenvalue weighted by Gasteiger charge is 2.42. The van der Waals surface area contributed by atoms with Crippen LogP contribution < -0.4 is 10.2 Å². The number of rotatable bonds is 7. The van der Waals surface area contributed by atoms with Crippen molar-refractivity contribution in [2.75, 3.05) is 20.3 Å². The van der Waals surface area contributed by atoms with Crippen LogP contribution in [0.2, 0.25) is 5.02 Å². The molecule has 1 aliphatic rings. The Labute approximate surface area is 133 Å². The summed E-state index contributed by atoms with van der Waals surface area (Å²) >= 11 is 9.76. The highest BCUT2D eigenvalue weighted by atomic mass is 79.9. The first-order chi connectivity index (χ1) is 9.44. The van der Waals surface area contributed by atoms with Crippen LogP contribution >= 0.6 is 27.5 Å². The van der Waals surface area contributed by atoms with Gasteiger partial charge in [-0.1, -0.05) is 27.5 Å². The number of benzene rings is 1. The van der Waals surface area contributed by atoms with Gasteiger partial charge in [-0.15, -0.1) is 0 Å². The topological polar surface area (TPSA) is 43.4 Å². The molecule has 4 nitrogen and oxygen atoms in total. The van der Waals surface area contributed by atoms with Crippen LogP contribution in [0.25, 0.3) is 0 Å². The Morgan fingerprint density at radius 2 is 2.05 bits per heavy atom. The maximum Gasteiger partial charge on any atom is 0.138 e. The number of halogens is 2. The van der Waals surface area contributed by atoms with Gasteiger partial charge in [0.2, 0.25) is 0 Å². The van der Waals surface area contributed by atoms with Crippen LogP contribution in [0.15, 0.2) is 16.6 Å². The maximum atomic E-state index is 6.21. The molecule has 0 aliphatic carbocycles. The van der Waals surface area contributed by atoms with E-state index < -0.39 is 0 Å². The zero-order valence-electron chi connectivity index (χ0n) is 12.0. The lowest BCUT2D eigenvalue weighted by molar-refractivity contribution is 0.172. The van der Waals surface area contributed by atoms with E-state index in [1.807, 2.05) is 12.1 Å². The molecule has 0 spiro atoms. The number of nitrogens with one attached hydrogen (secondary N) is 1. The highest BCUT2D eigenvalue weighted by Crippen LogP contribution is 2.34. The molecule has 1 atom stereocenters. The first-order valence-electron chi connectivity index (χ1n) is 6.59. The molecule has 1 fully saturated rings. The Kier molecular flexibility index (Phi) is 5.31. The number of hydrazine groups is 1. The van der Waals surface area contributed by atoms with Gasteiger partial charge in [0, 0.05) is 31.2 Å². The number of nitrogens with zero attached hydrogens (tertiary/aromatic N) is 1. The van der Waals surface area contributed by atoms with E-state index in [2.05, 4.69) is 40.2 Å². The minimum atomic E-state index is 0.0680. The van der Waals surface area contributed by atoms with Gasteiger partial charge in [-0.2, -0.15) is 0 Å². The van der Waals surface area contributed by atoms with Crippen LogP contribution in [0.3, 0.4) is 0 Å². The fourth-order valence-corrected chi connectivity index (χ4v) is 2.72. The smallest absolute Gasteiger partial charge is 0.138 e. The van der Waals surface area contributed by atoms with E-state index in [1.165, 1.54) is 0 Å². The van der Waals surface area contributed by atoms with Crippen LogP contribution in [-0.4, -0.2) is 31.0 Å². The summed E-state index contributed by atoms with van der Waals surface area (Å²) in [6, 6.07) is 3.88. The van der Waals surface area contributed by atoms with Crippen molar-refractivity contribution in [2.24, 2.45) is 0 Å². The normalized spacial score (nSPS) is 19.9. The van der Waals surface area contributed by atoms with E-state index in [4.69, 9.17) is 21.1 Å². The molecular formula is C14H20BrClN2O2. The third kappa shape index (κ3) is 4.09. The molecule has 1 aliphatic heterocycles. The Morgan fingerprint density at radius 1 is 1.35 bits per heavy atom. The maximum absolute atomic E-state index is 6.21. The number of hydrogen-bond donors (Lipinski definition) is 1. The minimum Gasteiger partial charge on any atom is -0.492 e. The van der Waals surface area contributed by atoms with Gasteiger partial charge in [-0.05, 0) is 31.5 Å². The molecule has 0 radical (unpaired) electrons. The van der Waals surface area contributed by atoms with Crippen LogP contribution in [0.5, 0.6) is 5.75 Å². The Hall–Kier alpha value is -0.330. The van der Waals surface area contributed by atoms with Crippen LogP contribution in [-0.2, 0) is 11.3 Å². The first-order valence-corrected chi connectivity index (χ1v) is 7.76. The second-order valence-electron chi connectivity index (χ2n) is 5.33. The zero-order chi connectivity index (χ0) is 14.8. The number of ether oxygens (including phenoxy) is 2. The van der Waals surface area contributed by atoms with E-state index in [0.29, 0.717) is 18.2 Å². The molecule has 20 heavy (non-hydrogen) atoms. The van der Waals surface area contributed by atoms with Gasteiger partial charge < -0.3 is 9.47 Å². The van der Waals surface area contributed by atoms with Gasteiger partial charge in [0.15, 0.2) is 0 Å². The third-order valence-corrected chi connectivity index (χ3v) is 4.25. The van der Waals surface area contributed by atoms with Crippen LogP contribution in [0.1, 0.15) is 25.8 Å². The van der Waals surface area contributed by atoms with Crippen LogP contribution in [0, 0.1) is 0 Å². The van der Waals surface area contributed by atoms with Crippen molar-refractivity contribution in [1.29, 1.82) is 0 Å². The summed E-state index contributed by atoms with van der Waals surface area (Å²) < 4.78 is 11.7. The van der Waals surface area contributed by atoms with Crippen molar-refractivity contribution in [1.82, 2.24) is 10.4 Å². The monoisotopic (exact) mass is 362 g/mol. The molecule has 1 heterocycles. The molecule has 0 aromatic heterocycles. The summed E-state index contributed by atoms with van der Waals surface area (Å²) in [7, 11) is 1.68. The first kappa shape index (κ1) is 16.0. The van der Waals surface area contributed by atoms with Gasteiger partial charge in [0.05, 0.1) is 17.3 Å². The largest absolute Gasteiger partial charge is 0.492 e. The predicted octanol–water partition coefficient (Wildman–Crippen LogP) is 3.57. The molecule has 1 unspecified atom stereocenters. The van der Waals surface area contributed by atoms with Crippen molar-refractivity contribution < 1.29 is 9.47 Å². The molecule has 0 saturated carbocycles. The van der Waals surface area contributed by atoms with Crippen LogP contribution in [0.4, 0.5) is 0 Å². The van der Waals surface area contributed by atoms with Crippen molar-refractivity contribution in [3.63, 3.8) is 0 Å². The lowest BCUT2D eigenvalue weighted by Crippen LogP contribution is -2.09. The fourth-order valence-electron chi connectivity index (χ4n) is 1.90. The number of hydrogen-bond acceptors (Lipinski definition) is 4. The minimum absolute atomic E-state index is 0.0680. The highest BCUT2D eigenvalue weighted by molar-refractivity contribution is 9.10. The number of methoxy groups -OCH3 is 1. The Balaban J connectivity index is 2.01.